The Balaban J connectivity index is 1.52. The molecule has 0 saturated carbocycles. The second kappa shape index (κ2) is 8.83. The first-order valence-corrected chi connectivity index (χ1v) is 9.18. The number of ether oxygens (including phenoxy) is 2. The maximum absolute atomic E-state index is 12.3. The molecule has 1 atom stereocenters. The number of Topliss-reactive ketones (excluding diaryl/α,β-unsaturated/α-hetero) is 1. The fourth-order valence-corrected chi connectivity index (χ4v) is 2.97. The number of aromatic nitrogens is 1. The second-order valence-corrected chi connectivity index (χ2v) is 6.56. The van der Waals surface area contributed by atoms with E-state index in [0.717, 1.165) is 11.8 Å². The SMILES string of the molecule is C[C@@H](OC(=O)CSc1nc2ccccc2o1)C(=O)c1ccc(OC(F)F)cc1. The molecule has 1 aromatic heterocycles. The summed E-state index contributed by atoms with van der Waals surface area (Å²) >= 11 is 1.06. The number of hydrogen-bond donors (Lipinski definition) is 0. The molecule has 0 saturated heterocycles. The summed E-state index contributed by atoms with van der Waals surface area (Å²) in [5.41, 5.74) is 1.51. The normalized spacial score (nSPS) is 12.1. The number of rotatable bonds is 8. The highest BCUT2D eigenvalue weighted by atomic mass is 32.2. The van der Waals surface area contributed by atoms with E-state index in [1.165, 1.54) is 31.2 Å². The standard InChI is InChI=1S/C19H15F2NO5S/c1-11(17(24)12-6-8-13(9-7-12)26-18(20)21)25-16(23)10-28-19-22-14-4-2-3-5-15(14)27-19/h2-9,11,18H,10H2,1H3/t11-/m1/s1. The molecule has 0 spiro atoms. The molecule has 28 heavy (non-hydrogen) atoms. The van der Waals surface area contributed by atoms with Crippen LogP contribution in [0.25, 0.3) is 11.1 Å². The van der Waals surface area contributed by atoms with Crippen molar-refractivity contribution in [3.63, 3.8) is 0 Å². The van der Waals surface area contributed by atoms with Crippen LogP contribution >= 0.6 is 11.8 Å². The number of ketones is 1. The number of alkyl halides is 2. The van der Waals surface area contributed by atoms with E-state index in [9.17, 15) is 18.4 Å². The quantitative estimate of drug-likeness (QED) is 0.312. The van der Waals surface area contributed by atoms with E-state index in [4.69, 9.17) is 9.15 Å². The molecule has 1 heterocycles. The smallest absolute Gasteiger partial charge is 0.387 e. The summed E-state index contributed by atoms with van der Waals surface area (Å²) in [5.74, 6) is -1.20. The Hall–Kier alpha value is -2.94. The lowest BCUT2D eigenvalue weighted by Crippen LogP contribution is -2.25. The average molecular weight is 407 g/mol. The maximum Gasteiger partial charge on any atom is 0.387 e. The average Bonchev–Trinajstić information content (AvgIpc) is 3.09. The van der Waals surface area contributed by atoms with Crippen molar-refractivity contribution in [2.24, 2.45) is 0 Å². The number of carbonyl (C=O) groups excluding carboxylic acids is 2. The van der Waals surface area contributed by atoms with E-state index in [1.54, 1.807) is 12.1 Å². The molecule has 3 rings (SSSR count). The first-order chi connectivity index (χ1) is 13.4. The van der Waals surface area contributed by atoms with Crippen molar-refractivity contribution in [2.75, 3.05) is 5.75 Å². The van der Waals surface area contributed by atoms with Gasteiger partial charge in [-0.1, -0.05) is 23.9 Å². The zero-order valence-electron chi connectivity index (χ0n) is 14.6. The Bertz CT molecular complexity index is 941. The third-order valence-electron chi connectivity index (χ3n) is 3.63. The van der Waals surface area contributed by atoms with Crippen LogP contribution in [0.15, 0.2) is 58.2 Å². The summed E-state index contributed by atoms with van der Waals surface area (Å²) in [6.45, 7) is -1.51. The number of fused-ring (bicyclic) bond motifs is 1. The van der Waals surface area contributed by atoms with Gasteiger partial charge in [-0.05, 0) is 43.3 Å². The molecule has 0 fully saturated rings. The first kappa shape index (κ1) is 19.8. The predicted octanol–water partition coefficient (Wildman–Crippen LogP) is 4.34. The summed E-state index contributed by atoms with van der Waals surface area (Å²) in [6.07, 6.45) is -1.03. The van der Waals surface area contributed by atoms with Crippen molar-refractivity contribution in [1.82, 2.24) is 4.98 Å². The van der Waals surface area contributed by atoms with Gasteiger partial charge in [-0.2, -0.15) is 8.78 Å². The zero-order valence-corrected chi connectivity index (χ0v) is 15.4. The highest BCUT2D eigenvalue weighted by Crippen LogP contribution is 2.23. The molecule has 146 valence electrons. The molecular weight excluding hydrogens is 392 g/mol. The largest absolute Gasteiger partial charge is 0.454 e. The molecule has 0 aliphatic heterocycles. The van der Waals surface area contributed by atoms with Gasteiger partial charge in [-0.15, -0.1) is 0 Å². The topological polar surface area (TPSA) is 78.6 Å². The summed E-state index contributed by atoms with van der Waals surface area (Å²) in [6, 6.07) is 12.4. The van der Waals surface area contributed by atoms with Crippen LogP contribution < -0.4 is 4.74 Å². The number of thioether (sulfide) groups is 1. The van der Waals surface area contributed by atoms with Gasteiger partial charge in [0, 0.05) is 5.56 Å². The summed E-state index contributed by atoms with van der Waals surface area (Å²) in [4.78, 5) is 28.5. The van der Waals surface area contributed by atoms with Gasteiger partial charge < -0.3 is 13.9 Å². The minimum atomic E-state index is -2.94. The van der Waals surface area contributed by atoms with Crippen LogP contribution in [0.1, 0.15) is 17.3 Å². The molecule has 0 radical (unpaired) electrons. The van der Waals surface area contributed by atoms with E-state index < -0.39 is 24.5 Å². The minimum absolute atomic E-state index is 0.0640. The molecular formula is C19H15F2NO5S. The van der Waals surface area contributed by atoms with Crippen LogP contribution in [0, 0.1) is 0 Å². The van der Waals surface area contributed by atoms with Crippen LogP contribution in [0.2, 0.25) is 0 Å². The summed E-state index contributed by atoms with van der Waals surface area (Å²) in [7, 11) is 0. The number of nitrogens with zero attached hydrogens (tertiary/aromatic N) is 1. The van der Waals surface area contributed by atoms with E-state index in [2.05, 4.69) is 9.72 Å². The van der Waals surface area contributed by atoms with E-state index >= 15 is 0 Å². The van der Waals surface area contributed by atoms with Crippen LogP contribution in [-0.4, -0.2) is 35.2 Å². The molecule has 3 aromatic rings. The fourth-order valence-electron chi connectivity index (χ4n) is 2.35. The summed E-state index contributed by atoms with van der Waals surface area (Å²) in [5, 5.41) is 0.326. The number of para-hydroxylation sites is 2. The van der Waals surface area contributed by atoms with Crippen molar-refractivity contribution >= 4 is 34.6 Å². The van der Waals surface area contributed by atoms with Crippen LogP contribution in [-0.2, 0) is 9.53 Å². The van der Waals surface area contributed by atoms with Gasteiger partial charge in [0.25, 0.3) is 5.22 Å². The Morgan fingerprint density at radius 1 is 1.14 bits per heavy atom. The lowest BCUT2D eigenvalue weighted by molar-refractivity contribution is -0.143. The molecule has 6 nitrogen and oxygen atoms in total. The Labute approximate surface area is 162 Å². The Kier molecular flexibility index (Phi) is 6.25. The molecule has 0 N–H and O–H groups in total. The van der Waals surface area contributed by atoms with Crippen LogP contribution in [0.5, 0.6) is 5.75 Å². The van der Waals surface area contributed by atoms with Gasteiger partial charge in [0.2, 0.25) is 5.78 Å². The molecule has 0 bridgehead atoms. The Morgan fingerprint density at radius 2 is 1.86 bits per heavy atom. The third kappa shape index (κ3) is 5.07. The molecule has 0 aliphatic carbocycles. The maximum atomic E-state index is 12.3. The first-order valence-electron chi connectivity index (χ1n) is 8.19. The summed E-state index contributed by atoms with van der Waals surface area (Å²) < 4.78 is 39.1. The van der Waals surface area contributed by atoms with E-state index in [-0.39, 0.29) is 17.1 Å². The fraction of sp³-hybridized carbons (Fsp3) is 0.211. The number of carbonyl (C=O) groups is 2. The minimum Gasteiger partial charge on any atom is -0.454 e. The van der Waals surface area contributed by atoms with Gasteiger partial charge in [0.05, 0.1) is 0 Å². The Morgan fingerprint density at radius 3 is 2.54 bits per heavy atom. The van der Waals surface area contributed by atoms with Crippen molar-refractivity contribution in [1.29, 1.82) is 0 Å². The molecule has 0 amide bonds. The number of esters is 1. The lowest BCUT2D eigenvalue weighted by atomic mass is 10.1. The monoisotopic (exact) mass is 407 g/mol. The van der Waals surface area contributed by atoms with Crippen molar-refractivity contribution in [3.05, 3.63) is 54.1 Å². The highest BCUT2D eigenvalue weighted by Gasteiger charge is 2.20. The van der Waals surface area contributed by atoms with Gasteiger partial charge >= 0.3 is 12.6 Å². The van der Waals surface area contributed by atoms with Crippen molar-refractivity contribution < 1.29 is 32.3 Å². The van der Waals surface area contributed by atoms with Gasteiger partial charge in [0.1, 0.15) is 17.0 Å². The molecule has 2 aromatic carbocycles. The van der Waals surface area contributed by atoms with Crippen LogP contribution in [0.3, 0.4) is 0 Å². The van der Waals surface area contributed by atoms with Gasteiger partial charge in [-0.25, -0.2) is 4.98 Å². The molecule has 0 aliphatic rings. The highest BCUT2D eigenvalue weighted by molar-refractivity contribution is 7.99. The second-order valence-electron chi connectivity index (χ2n) is 5.64. The van der Waals surface area contributed by atoms with E-state index in [1.807, 2.05) is 12.1 Å². The van der Waals surface area contributed by atoms with Gasteiger partial charge in [-0.3, -0.25) is 9.59 Å². The third-order valence-corrected chi connectivity index (χ3v) is 4.43. The molecule has 9 heteroatoms. The number of benzene rings is 2. The number of hydrogen-bond acceptors (Lipinski definition) is 7. The number of halogens is 2. The van der Waals surface area contributed by atoms with Crippen molar-refractivity contribution in [3.8, 4) is 5.75 Å². The van der Waals surface area contributed by atoms with E-state index in [0.29, 0.717) is 16.3 Å². The zero-order chi connectivity index (χ0) is 20.1. The lowest BCUT2D eigenvalue weighted by Gasteiger charge is -2.12. The molecule has 0 unspecified atom stereocenters. The predicted molar refractivity (Wildman–Crippen MR) is 97.7 cm³/mol. The van der Waals surface area contributed by atoms with Crippen LogP contribution in [0.4, 0.5) is 8.78 Å². The van der Waals surface area contributed by atoms with Crippen molar-refractivity contribution in [2.45, 2.75) is 24.9 Å². The van der Waals surface area contributed by atoms with Gasteiger partial charge in [0.15, 0.2) is 11.7 Å². The number of oxazole rings is 1.